The number of hydrogen-bond donors (Lipinski definition) is 1. The van der Waals surface area contributed by atoms with Crippen molar-refractivity contribution < 1.29 is 0 Å². The summed E-state index contributed by atoms with van der Waals surface area (Å²) in [5.74, 6) is 1.08. The molecule has 1 heterocycles. The first kappa shape index (κ1) is 11.9. The first-order valence-electron chi connectivity index (χ1n) is 6.01. The van der Waals surface area contributed by atoms with Crippen molar-refractivity contribution in [1.29, 1.82) is 0 Å². The molecule has 3 nitrogen and oxygen atoms in total. The molecule has 3 heteroatoms. The Balaban J connectivity index is 2.11. The van der Waals surface area contributed by atoms with Crippen LogP contribution >= 0.6 is 0 Å². The zero-order valence-corrected chi connectivity index (χ0v) is 10.4. The van der Waals surface area contributed by atoms with Gasteiger partial charge in [0.2, 0.25) is 0 Å². The van der Waals surface area contributed by atoms with Crippen LogP contribution in [-0.2, 0) is 13.5 Å². The fourth-order valence-electron chi connectivity index (χ4n) is 1.87. The first-order chi connectivity index (χ1) is 8.20. The average molecular weight is 229 g/mol. The summed E-state index contributed by atoms with van der Waals surface area (Å²) >= 11 is 0. The van der Waals surface area contributed by atoms with Crippen molar-refractivity contribution in [2.24, 2.45) is 12.8 Å². The molecule has 2 aromatic rings. The van der Waals surface area contributed by atoms with Crippen molar-refractivity contribution in [3.8, 4) is 0 Å². The molecule has 0 radical (unpaired) electrons. The molecule has 0 bridgehead atoms. The maximum Gasteiger partial charge on any atom is 0.112 e. The minimum Gasteiger partial charge on any atom is -0.338 e. The normalized spacial score (nSPS) is 12.6. The largest absolute Gasteiger partial charge is 0.338 e. The summed E-state index contributed by atoms with van der Waals surface area (Å²) in [4.78, 5) is 4.32. The van der Waals surface area contributed by atoms with E-state index in [1.54, 1.807) is 0 Å². The lowest BCUT2D eigenvalue weighted by Crippen LogP contribution is -2.08. The highest BCUT2D eigenvalue weighted by atomic mass is 15.0. The summed E-state index contributed by atoms with van der Waals surface area (Å²) in [5.41, 5.74) is 8.46. The highest BCUT2D eigenvalue weighted by Gasteiger charge is 2.04. The van der Waals surface area contributed by atoms with E-state index in [0.29, 0.717) is 0 Å². The standard InChI is InChI=1S/C14H19N3/c1-3-13(15)12-6-4-11(5-7-12)10-14-16-8-9-17(14)2/h4-9,13H,3,10,15H2,1-2H3. The van der Waals surface area contributed by atoms with E-state index >= 15 is 0 Å². The Morgan fingerprint density at radius 1 is 1.29 bits per heavy atom. The number of imidazole rings is 1. The van der Waals surface area contributed by atoms with Gasteiger partial charge in [0.1, 0.15) is 5.82 Å². The molecule has 0 fully saturated rings. The lowest BCUT2D eigenvalue weighted by molar-refractivity contribution is 0.698. The third kappa shape index (κ3) is 2.74. The molecule has 0 saturated heterocycles. The summed E-state index contributed by atoms with van der Waals surface area (Å²) in [5, 5.41) is 0. The van der Waals surface area contributed by atoms with Gasteiger partial charge in [0.25, 0.3) is 0 Å². The second-order valence-electron chi connectivity index (χ2n) is 4.39. The van der Waals surface area contributed by atoms with Crippen molar-refractivity contribution in [2.75, 3.05) is 0 Å². The number of hydrogen-bond acceptors (Lipinski definition) is 2. The number of rotatable bonds is 4. The lowest BCUT2D eigenvalue weighted by atomic mass is 10.0. The van der Waals surface area contributed by atoms with Gasteiger partial charge < -0.3 is 10.3 Å². The van der Waals surface area contributed by atoms with E-state index in [0.717, 1.165) is 18.7 Å². The summed E-state index contributed by atoms with van der Waals surface area (Å²) in [6.07, 6.45) is 5.64. The van der Waals surface area contributed by atoms with E-state index < -0.39 is 0 Å². The van der Waals surface area contributed by atoms with Crippen LogP contribution in [-0.4, -0.2) is 9.55 Å². The quantitative estimate of drug-likeness (QED) is 0.875. The fourth-order valence-corrected chi connectivity index (χ4v) is 1.87. The number of aryl methyl sites for hydroxylation is 1. The predicted octanol–water partition coefficient (Wildman–Crippen LogP) is 2.42. The van der Waals surface area contributed by atoms with Gasteiger partial charge in [-0.25, -0.2) is 4.98 Å². The van der Waals surface area contributed by atoms with Gasteiger partial charge in [0.05, 0.1) is 0 Å². The van der Waals surface area contributed by atoms with Gasteiger partial charge in [0.15, 0.2) is 0 Å². The van der Waals surface area contributed by atoms with Crippen LogP contribution in [0.3, 0.4) is 0 Å². The lowest BCUT2D eigenvalue weighted by Gasteiger charge is -2.09. The van der Waals surface area contributed by atoms with E-state index in [-0.39, 0.29) is 6.04 Å². The van der Waals surface area contributed by atoms with Gasteiger partial charge in [-0.2, -0.15) is 0 Å². The van der Waals surface area contributed by atoms with E-state index in [2.05, 4.69) is 36.2 Å². The Morgan fingerprint density at radius 3 is 2.53 bits per heavy atom. The molecule has 2 rings (SSSR count). The van der Waals surface area contributed by atoms with E-state index in [9.17, 15) is 0 Å². The predicted molar refractivity (Wildman–Crippen MR) is 69.7 cm³/mol. The SMILES string of the molecule is CCC(N)c1ccc(Cc2nccn2C)cc1. The number of nitrogens with zero attached hydrogens (tertiary/aromatic N) is 2. The van der Waals surface area contributed by atoms with Crippen molar-refractivity contribution in [3.63, 3.8) is 0 Å². The van der Waals surface area contributed by atoms with Crippen LogP contribution in [0.4, 0.5) is 0 Å². The van der Waals surface area contributed by atoms with Crippen LogP contribution in [0.15, 0.2) is 36.7 Å². The average Bonchev–Trinajstić information content (AvgIpc) is 2.75. The van der Waals surface area contributed by atoms with Gasteiger partial charge in [-0.05, 0) is 17.5 Å². The summed E-state index contributed by atoms with van der Waals surface area (Å²) < 4.78 is 2.05. The third-order valence-electron chi connectivity index (χ3n) is 3.13. The Kier molecular flexibility index (Phi) is 3.59. The topological polar surface area (TPSA) is 43.8 Å². The molecule has 1 aromatic carbocycles. The van der Waals surface area contributed by atoms with Crippen LogP contribution in [0.1, 0.15) is 36.3 Å². The summed E-state index contributed by atoms with van der Waals surface area (Å²) in [7, 11) is 2.02. The molecular weight excluding hydrogens is 210 g/mol. The van der Waals surface area contributed by atoms with E-state index in [1.165, 1.54) is 11.1 Å². The Labute approximate surface area is 102 Å². The molecule has 1 atom stereocenters. The van der Waals surface area contributed by atoms with Crippen LogP contribution in [0, 0.1) is 0 Å². The highest BCUT2D eigenvalue weighted by molar-refractivity contribution is 5.26. The van der Waals surface area contributed by atoms with Crippen LogP contribution in [0.5, 0.6) is 0 Å². The molecule has 0 spiro atoms. The molecule has 0 saturated carbocycles. The smallest absolute Gasteiger partial charge is 0.112 e. The van der Waals surface area contributed by atoms with Crippen LogP contribution < -0.4 is 5.73 Å². The molecule has 0 aliphatic carbocycles. The fraction of sp³-hybridized carbons (Fsp3) is 0.357. The van der Waals surface area contributed by atoms with Crippen LogP contribution in [0.25, 0.3) is 0 Å². The molecule has 0 aliphatic heterocycles. The molecule has 1 unspecified atom stereocenters. The van der Waals surface area contributed by atoms with Crippen molar-refractivity contribution >= 4 is 0 Å². The van der Waals surface area contributed by atoms with Crippen molar-refractivity contribution in [3.05, 3.63) is 53.6 Å². The first-order valence-corrected chi connectivity index (χ1v) is 6.01. The molecule has 0 amide bonds. The number of nitrogens with two attached hydrogens (primary N) is 1. The van der Waals surface area contributed by atoms with Crippen molar-refractivity contribution in [1.82, 2.24) is 9.55 Å². The molecule has 90 valence electrons. The van der Waals surface area contributed by atoms with Gasteiger partial charge in [-0.15, -0.1) is 0 Å². The van der Waals surface area contributed by atoms with E-state index in [4.69, 9.17) is 5.73 Å². The van der Waals surface area contributed by atoms with Gasteiger partial charge >= 0.3 is 0 Å². The number of benzene rings is 1. The molecule has 1 aromatic heterocycles. The second kappa shape index (κ2) is 5.15. The maximum absolute atomic E-state index is 5.99. The van der Waals surface area contributed by atoms with Crippen LogP contribution in [0.2, 0.25) is 0 Å². The minimum absolute atomic E-state index is 0.150. The maximum atomic E-state index is 5.99. The Morgan fingerprint density at radius 2 is 2.00 bits per heavy atom. The molecular formula is C14H19N3. The third-order valence-corrected chi connectivity index (χ3v) is 3.13. The molecule has 0 aliphatic rings. The van der Waals surface area contributed by atoms with Gasteiger partial charge in [-0.3, -0.25) is 0 Å². The monoisotopic (exact) mass is 229 g/mol. The van der Waals surface area contributed by atoms with Crippen molar-refractivity contribution in [2.45, 2.75) is 25.8 Å². The Bertz CT molecular complexity index is 470. The highest BCUT2D eigenvalue weighted by Crippen LogP contribution is 2.15. The zero-order chi connectivity index (χ0) is 12.3. The van der Waals surface area contributed by atoms with E-state index in [1.807, 2.05) is 24.0 Å². The molecule has 2 N–H and O–H groups in total. The van der Waals surface area contributed by atoms with Gasteiger partial charge in [-0.1, -0.05) is 31.2 Å². The van der Waals surface area contributed by atoms with Gasteiger partial charge in [0, 0.05) is 31.9 Å². The summed E-state index contributed by atoms with van der Waals surface area (Å²) in [6, 6.07) is 8.66. The molecule has 17 heavy (non-hydrogen) atoms. The number of aromatic nitrogens is 2. The summed E-state index contributed by atoms with van der Waals surface area (Å²) in [6.45, 7) is 2.10. The zero-order valence-electron chi connectivity index (χ0n) is 10.4. The second-order valence-corrected chi connectivity index (χ2v) is 4.39. The Hall–Kier alpha value is -1.61. The minimum atomic E-state index is 0.150.